The maximum atomic E-state index is 11.4. The zero-order valence-electron chi connectivity index (χ0n) is 8.11. The van der Waals surface area contributed by atoms with Crippen LogP contribution in [-0.4, -0.2) is 12.6 Å². The van der Waals surface area contributed by atoms with E-state index in [9.17, 15) is 4.79 Å². The van der Waals surface area contributed by atoms with E-state index >= 15 is 0 Å². The molecule has 0 radical (unpaired) electrons. The van der Waals surface area contributed by atoms with Crippen LogP contribution in [0.1, 0.15) is 18.4 Å². The summed E-state index contributed by atoms with van der Waals surface area (Å²) in [5.74, 6) is 0.0475. The number of hydrogen-bond acceptors (Lipinski definition) is 2. The van der Waals surface area contributed by atoms with Crippen molar-refractivity contribution in [2.45, 2.75) is 19.3 Å². The van der Waals surface area contributed by atoms with Gasteiger partial charge in [0.15, 0.2) is 0 Å². The average Bonchev–Trinajstić information content (AvgIpc) is 2.23. The molecule has 1 aromatic carbocycles. The van der Waals surface area contributed by atoms with E-state index in [1.165, 1.54) is 5.56 Å². The molecule has 0 saturated carbocycles. The average molecular weight is 190 g/mol. The van der Waals surface area contributed by atoms with Gasteiger partial charge >= 0.3 is 5.97 Å². The summed E-state index contributed by atoms with van der Waals surface area (Å²) in [6.45, 7) is 0.601. The van der Waals surface area contributed by atoms with Crippen LogP contribution in [0.5, 0.6) is 0 Å². The quantitative estimate of drug-likeness (QED) is 0.668. The Balaban J connectivity index is 2.00. The normalized spacial score (nSPS) is 21.7. The van der Waals surface area contributed by atoms with Gasteiger partial charge in [-0.25, -0.2) is 0 Å². The van der Waals surface area contributed by atoms with E-state index in [0.717, 1.165) is 19.3 Å². The van der Waals surface area contributed by atoms with Crippen molar-refractivity contribution in [1.29, 1.82) is 0 Å². The summed E-state index contributed by atoms with van der Waals surface area (Å²) in [7, 11) is 0. The Morgan fingerprint density at radius 1 is 1.29 bits per heavy atom. The molecule has 1 saturated heterocycles. The molecule has 0 unspecified atom stereocenters. The molecule has 0 N–H and O–H groups in total. The fraction of sp³-hybridized carbons (Fsp3) is 0.417. The van der Waals surface area contributed by atoms with Crippen molar-refractivity contribution in [3.05, 3.63) is 35.9 Å². The summed E-state index contributed by atoms with van der Waals surface area (Å²) in [6, 6.07) is 10.1. The third-order valence-corrected chi connectivity index (χ3v) is 2.60. The zero-order chi connectivity index (χ0) is 9.80. The third kappa shape index (κ3) is 2.13. The first-order valence-electron chi connectivity index (χ1n) is 5.07. The van der Waals surface area contributed by atoms with E-state index in [1.54, 1.807) is 0 Å². The van der Waals surface area contributed by atoms with Gasteiger partial charge in [-0.2, -0.15) is 0 Å². The van der Waals surface area contributed by atoms with E-state index in [1.807, 2.05) is 18.2 Å². The molecule has 1 aliphatic rings. The smallest absolute Gasteiger partial charge is 0.309 e. The monoisotopic (exact) mass is 190 g/mol. The molecular formula is C12H14O2. The number of ether oxygens (including phenoxy) is 1. The van der Waals surface area contributed by atoms with Crippen LogP contribution in [0.25, 0.3) is 0 Å². The van der Waals surface area contributed by atoms with Gasteiger partial charge in [-0.3, -0.25) is 4.79 Å². The summed E-state index contributed by atoms with van der Waals surface area (Å²) < 4.78 is 5.02. The lowest BCUT2D eigenvalue weighted by Gasteiger charge is -2.20. The first-order valence-corrected chi connectivity index (χ1v) is 5.07. The molecule has 0 amide bonds. The topological polar surface area (TPSA) is 26.3 Å². The van der Waals surface area contributed by atoms with Crippen molar-refractivity contribution in [1.82, 2.24) is 0 Å². The lowest BCUT2D eigenvalue weighted by molar-refractivity contribution is -0.152. The molecule has 0 aliphatic carbocycles. The molecule has 2 nitrogen and oxygen atoms in total. The highest BCUT2D eigenvalue weighted by Gasteiger charge is 2.23. The van der Waals surface area contributed by atoms with Crippen molar-refractivity contribution in [3.8, 4) is 0 Å². The maximum Gasteiger partial charge on any atom is 0.309 e. The van der Waals surface area contributed by atoms with Gasteiger partial charge in [-0.05, 0) is 24.8 Å². The number of carbonyl (C=O) groups excluding carboxylic acids is 1. The van der Waals surface area contributed by atoms with Crippen molar-refractivity contribution >= 4 is 5.97 Å². The fourth-order valence-electron chi connectivity index (χ4n) is 1.82. The summed E-state index contributed by atoms with van der Waals surface area (Å²) in [5, 5.41) is 0. The molecule has 1 aromatic rings. The molecule has 0 aromatic heterocycles. The highest BCUT2D eigenvalue weighted by molar-refractivity contribution is 5.73. The molecule has 1 aliphatic heterocycles. The van der Waals surface area contributed by atoms with Crippen molar-refractivity contribution < 1.29 is 9.53 Å². The zero-order valence-corrected chi connectivity index (χ0v) is 8.11. The summed E-state index contributed by atoms with van der Waals surface area (Å²) in [5.41, 5.74) is 1.22. The van der Waals surface area contributed by atoms with Crippen LogP contribution in [0.3, 0.4) is 0 Å². The molecule has 0 spiro atoms. The van der Waals surface area contributed by atoms with E-state index < -0.39 is 0 Å². The lowest BCUT2D eigenvalue weighted by atomic mass is 9.94. The Morgan fingerprint density at radius 2 is 2.07 bits per heavy atom. The molecular weight excluding hydrogens is 176 g/mol. The van der Waals surface area contributed by atoms with Gasteiger partial charge in [0, 0.05) is 0 Å². The van der Waals surface area contributed by atoms with Crippen molar-refractivity contribution in [2.24, 2.45) is 5.92 Å². The van der Waals surface area contributed by atoms with Crippen LogP contribution < -0.4 is 0 Å². The van der Waals surface area contributed by atoms with Crippen LogP contribution in [0.4, 0.5) is 0 Å². The number of cyclic esters (lactones) is 1. The second kappa shape index (κ2) is 4.27. The van der Waals surface area contributed by atoms with E-state index in [4.69, 9.17) is 4.74 Å². The van der Waals surface area contributed by atoms with Gasteiger partial charge in [0.05, 0.1) is 12.5 Å². The molecule has 1 atom stereocenters. The largest absolute Gasteiger partial charge is 0.465 e. The van der Waals surface area contributed by atoms with Crippen LogP contribution in [-0.2, 0) is 16.0 Å². The lowest BCUT2D eigenvalue weighted by Crippen LogP contribution is -2.25. The van der Waals surface area contributed by atoms with Gasteiger partial charge in [0.25, 0.3) is 0 Å². The Kier molecular flexibility index (Phi) is 2.82. The van der Waals surface area contributed by atoms with Crippen LogP contribution in [0.2, 0.25) is 0 Å². The molecule has 1 fully saturated rings. The molecule has 14 heavy (non-hydrogen) atoms. The number of rotatable bonds is 2. The summed E-state index contributed by atoms with van der Waals surface area (Å²) in [6.07, 6.45) is 2.79. The predicted octanol–water partition coefficient (Wildman–Crippen LogP) is 2.18. The Hall–Kier alpha value is -1.31. The van der Waals surface area contributed by atoms with Crippen molar-refractivity contribution in [3.63, 3.8) is 0 Å². The van der Waals surface area contributed by atoms with E-state index in [2.05, 4.69) is 12.1 Å². The van der Waals surface area contributed by atoms with E-state index in [-0.39, 0.29) is 11.9 Å². The van der Waals surface area contributed by atoms with Gasteiger partial charge < -0.3 is 4.74 Å². The van der Waals surface area contributed by atoms with Crippen LogP contribution in [0, 0.1) is 5.92 Å². The number of esters is 1. The Morgan fingerprint density at radius 3 is 2.79 bits per heavy atom. The standard InChI is InChI=1S/C12H14O2/c13-12-11(7-4-8-14-12)9-10-5-2-1-3-6-10/h1-3,5-6,11H,4,7-9H2/t11-/m0/s1. The highest BCUT2D eigenvalue weighted by Crippen LogP contribution is 2.19. The van der Waals surface area contributed by atoms with Gasteiger partial charge in [0.1, 0.15) is 0 Å². The third-order valence-electron chi connectivity index (χ3n) is 2.60. The van der Waals surface area contributed by atoms with Crippen LogP contribution in [0.15, 0.2) is 30.3 Å². The highest BCUT2D eigenvalue weighted by atomic mass is 16.5. The van der Waals surface area contributed by atoms with Gasteiger partial charge in [-0.15, -0.1) is 0 Å². The molecule has 1 heterocycles. The minimum atomic E-state index is -0.0277. The summed E-state index contributed by atoms with van der Waals surface area (Å²) >= 11 is 0. The maximum absolute atomic E-state index is 11.4. The molecule has 2 rings (SSSR count). The minimum absolute atomic E-state index is 0.0277. The molecule has 0 bridgehead atoms. The summed E-state index contributed by atoms with van der Waals surface area (Å²) in [4.78, 5) is 11.4. The van der Waals surface area contributed by atoms with Gasteiger partial charge in [0.2, 0.25) is 0 Å². The van der Waals surface area contributed by atoms with Gasteiger partial charge in [-0.1, -0.05) is 30.3 Å². The number of hydrogen-bond donors (Lipinski definition) is 0. The SMILES string of the molecule is O=C1OCCC[C@H]1Cc1ccccc1. The predicted molar refractivity (Wildman–Crippen MR) is 53.8 cm³/mol. The Labute approximate surface area is 83.9 Å². The number of carbonyl (C=O) groups is 1. The first-order chi connectivity index (χ1) is 6.86. The minimum Gasteiger partial charge on any atom is -0.465 e. The second-order valence-corrected chi connectivity index (χ2v) is 3.70. The molecule has 2 heteroatoms. The first kappa shape index (κ1) is 9.25. The van der Waals surface area contributed by atoms with Crippen LogP contribution >= 0.6 is 0 Å². The fourth-order valence-corrected chi connectivity index (χ4v) is 1.82. The van der Waals surface area contributed by atoms with E-state index in [0.29, 0.717) is 6.61 Å². The second-order valence-electron chi connectivity index (χ2n) is 3.70. The molecule has 74 valence electrons. The Bertz CT molecular complexity index is 305. The van der Waals surface area contributed by atoms with Crippen molar-refractivity contribution in [2.75, 3.05) is 6.61 Å². The number of benzene rings is 1.